The molecule has 0 fully saturated rings. The predicted octanol–water partition coefficient (Wildman–Crippen LogP) is 4.25. The van der Waals surface area contributed by atoms with Crippen LogP contribution in [0.4, 0.5) is 5.69 Å². The lowest BCUT2D eigenvalue weighted by Crippen LogP contribution is -2.28. The van der Waals surface area contributed by atoms with Gasteiger partial charge >= 0.3 is 0 Å². The summed E-state index contributed by atoms with van der Waals surface area (Å²) in [6.07, 6.45) is 2.44. The van der Waals surface area contributed by atoms with Crippen molar-refractivity contribution < 1.29 is 0 Å². The Kier molecular flexibility index (Phi) is 2.92. The molecule has 100 valence electrons. The van der Waals surface area contributed by atoms with Crippen molar-refractivity contribution in [2.24, 2.45) is 0 Å². The van der Waals surface area contributed by atoms with Crippen molar-refractivity contribution >= 4 is 27.2 Å². The molecular weight excluding hydrogens is 264 g/mol. The summed E-state index contributed by atoms with van der Waals surface area (Å²) in [6, 6.07) is 17.2. The maximum absolute atomic E-state index is 4.76. The monoisotopic (exact) mass is 280 g/mol. The highest BCUT2D eigenvalue weighted by molar-refractivity contribution is 7.18. The molecule has 0 radical (unpaired) electrons. The highest BCUT2D eigenvalue weighted by atomic mass is 32.1. The molecule has 0 N–H and O–H groups in total. The van der Waals surface area contributed by atoms with E-state index in [4.69, 9.17) is 4.98 Å². The average molecular weight is 280 g/mol. The third kappa shape index (κ3) is 2.08. The SMILES string of the molecule is c1ccc2c(c1)CCCN2Cc1nc2ccccc2s1. The van der Waals surface area contributed by atoms with Gasteiger partial charge in [-0.15, -0.1) is 11.3 Å². The number of anilines is 1. The largest absolute Gasteiger partial charge is 0.365 e. The summed E-state index contributed by atoms with van der Waals surface area (Å²) in [5.74, 6) is 0. The van der Waals surface area contributed by atoms with E-state index >= 15 is 0 Å². The van der Waals surface area contributed by atoms with Crippen molar-refractivity contribution in [2.45, 2.75) is 19.4 Å². The zero-order valence-electron chi connectivity index (χ0n) is 11.2. The van der Waals surface area contributed by atoms with Crippen molar-refractivity contribution in [3.63, 3.8) is 0 Å². The van der Waals surface area contributed by atoms with Crippen LogP contribution in [0, 0.1) is 0 Å². The summed E-state index contributed by atoms with van der Waals surface area (Å²) in [7, 11) is 0. The summed E-state index contributed by atoms with van der Waals surface area (Å²) in [4.78, 5) is 7.23. The van der Waals surface area contributed by atoms with E-state index in [1.54, 1.807) is 0 Å². The number of hydrogen-bond acceptors (Lipinski definition) is 3. The molecule has 3 aromatic rings. The molecule has 0 spiro atoms. The van der Waals surface area contributed by atoms with Crippen LogP contribution in [0.3, 0.4) is 0 Å². The lowest BCUT2D eigenvalue weighted by atomic mass is 10.0. The molecule has 0 saturated carbocycles. The highest BCUT2D eigenvalue weighted by Crippen LogP contribution is 2.30. The number of fused-ring (bicyclic) bond motifs is 2. The fourth-order valence-corrected chi connectivity index (χ4v) is 3.91. The fourth-order valence-electron chi connectivity index (χ4n) is 2.93. The highest BCUT2D eigenvalue weighted by Gasteiger charge is 2.17. The second-order valence-electron chi connectivity index (χ2n) is 5.23. The van der Waals surface area contributed by atoms with Crippen LogP contribution in [0.2, 0.25) is 0 Å². The fraction of sp³-hybridized carbons (Fsp3) is 0.235. The quantitative estimate of drug-likeness (QED) is 0.697. The van der Waals surface area contributed by atoms with Crippen LogP contribution in [0.1, 0.15) is 17.0 Å². The Hall–Kier alpha value is -1.87. The number of benzene rings is 2. The molecule has 0 unspecified atom stereocenters. The zero-order valence-corrected chi connectivity index (χ0v) is 12.1. The molecule has 2 heterocycles. The van der Waals surface area contributed by atoms with Gasteiger partial charge in [-0.25, -0.2) is 4.98 Å². The number of rotatable bonds is 2. The second kappa shape index (κ2) is 4.91. The Morgan fingerprint density at radius 3 is 2.85 bits per heavy atom. The Labute approximate surface area is 122 Å². The summed E-state index contributed by atoms with van der Waals surface area (Å²) in [6.45, 7) is 2.06. The average Bonchev–Trinajstić information content (AvgIpc) is 2.90. The van der Waals surface area contributed by atoms with Gasteiger partial charge in [0.05, 0.1) is 16.8 Å². The smallest absolute Gasteiger partial charge is 0.113 e. The van der Waals surface area contributed by atoms with E-state index in [2.05, 4.69) is 53.4 Å². The van der Waals surface area contributed by atoms with Crippen LogP contribution in [0.15, 0.2) is 48.5 Å². The van der Waals surface area contributed by atoms with Gasteiger partial charge in [-0.05, 0) is 36.6 Å². The number of thiazole rings is 1. The molecule has 0 aliphatic carbocycles. The van der Waals surface area contributed by atoms with Crippen LogP contribution in [-0.2, 0) is 13.0 Å². The molecule has 1 aliphatic heterocycles. The van der Waals surface area contributed by atoms with Crippen molar-refractivity contribution in [3.05, 3.63) is 59.1 Å². The van der Waals surface area contributed by atoms with Crippen LogP contribution in [0.5, 0.6) is 0 Å². The number of para-hydroxylation sites is 2. The minimum Gasteiger partial charge on any atom is -0.365 e. The number of aryl methyl sites for hydroxylation is 1. The maximum Gasteiger partial charge on any atom is 0.113 e. The van der Waals surface area contributed by atoms with Gasteiger partial charge < -0.3 is 4.90 Å². The van der Waals surface area contributed by atoms with Crippen molar-refractivity contribution in [3.8, 4) is 0 Å². The molecule has 0 atom stereocenters. The molecule has 0 amide bonds. The van der Waals surface area contributed by atoms with Gasteiger partial charge in [0, 0.05) is 12.2 Å². The van der Waals surface area contributed by atoms with Crippen molar-refractivity contribution in [2.75, 3.05) is 11.4 Å². The topological polar surface area (TPSA) is 16.1 Å². The Morgan fingerprint density at radius 2 is 1.90 bits per heavy atom. The molecular formula is C17H16N2S. The molecule has 0 saturated heterocycles. The number of hydrogen-bond donors (Lipinski definition) is 0. The number of nitrogens with zero attached hydrogens (tertiary/aromatic N) is 2. The molecule has 2 nitrogen and oxygen atoms in total. The van der Waals surface area contributed by atoms with Gasteiger partial charge in [-0.1, -0.05) is 30.3 Å². The molecule has 1 aliphatic rings. The molecule has 3 heteroatoms. The third-order valence-electron chi connectivity index (χ3n) is 3.87. The van der Waals surface area contributed by atoms with Crippen LogP contribution in [-0.4, -0.2) is 11.5 Å². The van der Waals surface area contributed by atoms with Gasteiger partial charge in [0.25, 0.3) is 0 Å². The predicted molar refractivity (Wildman–Crippen MR) is 85.4 cm³/mol. The lowest BCUT2D eigenvalue weighted by Gasteiger charge is -2.30. The van der Waals surface area contributed by atoms with Crippen LogP contribution in [0.25, 0.3) is 10.2 Å². The Bertz CT molecular complexity index is 714. The first-order valence-electron chi connectivity index (χ1n) is 7.07. The molecule has 1 aromatic heterocycles. The first kappa shape index (κ1) is 11.9. The van der Waals surface area contributed by atoms with Gasteiger partial charge in [0.15, 0.2) is 0 Å². The summed E-state index contributed by atoms with van der Waals surface area (Å²) >= 11 is 1.81. The first-order chi connectivity index (χ1) is 9.90. The Morgan fingerprint density at radius 1 is 1.05 bits per heavy atom. The molecule has 4 rings (SSSR count). The van der Waals surface area contributed by atoms with E-state index in [-0.39, 0.29) is 0 Å². The van der Waals surface area contributed by atoms with Crippen LogP contribution >= 0.6 is 11.3 Å². The Balaban J connectivity index is 1.66. The normalized spacial score (nSPS) is 14.5. The van der Waals surface area contributed by atoms with Gasteiger partial charge in [0.1, 0.15) is 5.01 Å². The first-order valence-corrected chi connectivity index (χ1v) is 7.89. The van der Waals surface area contributed by atoms with E-state index in [1.165, 1.54) is 33.8 Å². The third-order valence-corrected chi connectivity index (χ3v) is 4.89. The standard InChI is InChI=1S/C17H16N2S/c1-3-9-15-13(6-1)7-5-11-19(15)12-17-18-14-8-2-4-10-16(14)20-17/h1-4,6,8-10H,5,7,11-12H2. The minimum absolute atomic E-state index is 0.927. The molecule has 0 bridgehead atoms. The molecule has 2 aromatic carbocycles. The van der Waals surface area contributed by atoms with E-state index in [0.717, 1.165) is 18.6 Å². The second-order valence-corrected chi connectivity index (χ2v) is 6.34. The van der Waals surface area contributed by atoms with E-state index in [0.29, 0.717) is 0 Å². The maximum atomic E-state index is 4.76. The molecule has 20 heavy (non-hydrogen) atoms. The summed E-state index contributed by atoms with van der Waals surface area (Å²) in [5.41, 5.74) is 3.98. The van der Waals surface area contributed by atoms with Gasteiger partial charge in [-0.2, -0.15) is 0 Å². The summed E-state index contributed by atoms with van der Waals surface area (Å²) in [5, 5.41) is 1.21. The number of aromatic nitrogens is 1. The summed E-state index contributed by atoms with van der Waals surface area (Å²) < 4.78 is 1.28. The zero-order chi connectivity index (χ0) is 13.4. The van der Waals surface area contributed by atoms with E-state index < -0.39 is 0 Å². The van der Waals surface area contributed by atoms with Crippen LogP contribution < -0.4 is 4.90 Å². The van der Waals surface area contributed by atoms with Gasteiger partial charge in [-0.3, -0.25) is 0 Å². The van der Waals surface area contributed by atoms with Gasteiger partial charge in [0.2, 0.25) is 0 Å². The minimum atomic E-state index is 0.927. The van der Waals surface area contributed by atoms with Crippen molar-refractivity contribution in [1.29, 1.82) is 0 Å². The van der Waals surface area contributed by atoms with Crippen molar-refractivity contribution in [1.82, 2.24) is 4.98 Å². The van der Waals surface area contributed by atoms with E-state index in [1.807, 2.05) is 11.3 Å². The van der Waals surface area contributed by atoms with E-state index in [9.17, 15) is 0 Å². The lowest BCUT2D eigenvalue weighted by molar-refractivity contribution is 0.690.